The summed E-state index contributed by atoms with van der Waals surface area (Å²) >= 11 is 0. The van der Waals surface area contributed by atoms with Gasteiger partial charge < -0.3 is 10.2 Å². The summed E-state index contributed by atoms with van der Waals surface area (Å²) in [6.45, 7) is 5.31. The van der Waals surface area contributed by atoms with E-state index in [1.165, 1.54) is 37.8 Å². The zero-order valence-corrected chi connectivity index (χ0v) is 12.4. The maximum atomic E-state index is 13.5. The van der Waals surface area contributed by atoms with E-state index in [2.05, 4.69) is 17.1 Å². The minimum Gasteiger partial charge on any atom is -0.371 e. The summed E-state index contributed by atoms with van der Waals surface area (Å²) < 4.78 is 13.5. The first-order valence-corrected chi connectivity index (χ1v) is 8.03. The van der Waals surface area contributed by atoms with Gasteiger partial charge in [-0.25, -0.2) is 4.39 Å². The highest BCUT2D eigenvalue weighted by molar-refractivity contribution is 5.54. The third kappa shape index (κ3) is 3.32. The average molecular weight is 276 g/mol. The smallest absolute Gasteiger partial charge is 0.123 e. The molecule has 0 amide bonds. The first-order chi connectivity index (χ1) is 9.76. The number of nitrogens with zero attached hydrogens (tertiary/aromatic N) is 1. The van der Waals surface area contributed by atoms with Crippen molar-refractivity contribution >= 4 is 5.69 Å². The highest BCUT2D eigenvalue weighted by Crippen LogP contribution is 2.30. The lowest BCUT2D eigenvalue weighted by Crippen LogP contribution is -2.23. The van der Waals surface area contributed by atoms with Crippen molar-refractivity contribution < 1.29 is 4.39 Å². The van der Waals surface area contributed by atoms with Crippen LogP contribution < -0.4 is 10.2 Å². The Bertz CT molecular complexity index is 456. The summed E-state index contributed by atoms with van der Waals surface area (Å²) in [7, 11) is 0. The molecular formula is C17H25FN2. The normalized spacial score (nSPS) is 22.5. The van der Waals surface area contributed by atoms with Crippen molar-refractivity contribution in [2.45, 2.75) is 51.6 Å². The number of halogens is 1. The van der Waals surface area contributed by atoms with Gasteiger partial charge in [0.05, 0.1) is 0 Å². The van der Waals surface area contributed by atoms with Crippen LogP contribution in [0.2, 0.25) is 0 Å². The Kier molecular flexibility index (Phi) is 4.25. The SMILES string of the molecule is CCCC1CCN(c2ccc(F)cc2CNC2CC2)C1. The largest absolute Gasteiger partial charge is 0.371 e. The maximum absolute atomic E-state index is 13.5. The fourth-order valence-corrected chi connectivity index (χ4v) is 3.24. The van der Waals surface area contributed by atoms with Gasteiger partial charge in [-0.1, -0.05) is 13.3 Å². The second-order valence-electron chi connectivity index (χ2n) is 6.32. The minimum atomic E-state index is -0.120. The van der Waals surface area contributed by atoms with E-state index >= 15 is 0 Å². The van der Waals surface area contributed by atoms with Crippen molar-refractivity contribution in [1.29, 1.82) is 0 Å². The number of anilines is 1. The molecule has 3 heteroatoms. The topological polar surface area (TPSA) is 15.3 Å². The van der Waals surface area contributed by atoms with E-state index in [1.54, 1.807) is 12.1 Å². The predicted molar refractivity (Wildman–Crippen MR) is 81.5 cm³/mol. The van der Waals surface area contributed by atoms with Crippen LogP contribution in [0.3, 0.4) is 0 Å². The van der Waals surface area contributed by atoms with E-state index in [9.17, 15) is 4.39 Å². The Morgan fingerprint density at radius 3 is 2.90 bits per heavy atom. The summed E-state index contributed by atoms with van der Waals surface area (Å²) in [5.74, 6) is 0.694. The van der Waals surface area contributed by atoms with E-state index in [1.807, 2.05) is 6.07 Å². The number of hydrogen-bond acceptors (Lipinski definition) is 2. The summed E-state index contributed by atoms with van der Waals surface area (Å²) in [5, 5.41) is 3.51. The molecule has 1 atom stereocenters. The van der Waals surface area contributed by atoms with Crippen molar-refractivity contribution in [2.24, 2.45) is 5.92 Å². The van der Waals surface area contributed by atoms with Gasteiger partial charge in [-0.05, 0) is 55.4 Å². The van der Waals surface area contributed by atoms with Crippen LogP contribution in [0.4, 0.5) is 10.1 Å². The average Bonchev–Trinajstić information content (AvgIpc) is 3.16. The van der Waals surface area contributed by atoms with Crippen LogP contribution in [0.5, 0.6) is 0 Å². The van der Waals surface area contributed by atoms with Gasteiger partial charge in [0.1, 0.15) is 5.82 Å². The van der Waals surface area contributed by atoms with Crippen molar-refractivity contribution in [2.75, 3.05) is 18.0 Å². The lowest BCUT2D eigenvalue weighted by Gasteiger charge is -2.22. The molecule has 1 N–H and O–H groups in total. The fourth-order valence-electron chi connectivity index (χ4n) is 3.24. The Morgan fingerprint density at radius 1 is 1.30 bits per heavy atom. The first kappa shape index (κ1) is 13.9. The summed E-state index contributed by atoms with van der Waals surface area (Å²) in [4.78, 5) is 2.45. The summed E-state index contributed by atoms with van der Waals surface area (Å²) in [5.41, 5.74) is 2.35. The fraction of sp³-hybridized carbons (Fsp3) is 0.647. The van der Waals surface area contributed by atoms with E-state index in [0.717, 1.165) is 31.1 Å². The molecule has 2 fully saturated rings. The molecule has 3 rings (SSSR count). The third-order valence-corrected chi connectivity index (χ3v) is 4.52. The zero-order chi connectivity index (χ0) is 13.9. The van der Waals surface area contributed by atoms with Crippen LogP contribution in [0, 0.1) is 11.7 Å². The van der Waals surface area contributed by atoms with Crippen LogP contribution in [-0.4, -0.2) is 19.1 Å². The molecule has 110 valence electrons. The van der Waals surface area contributed by atoms with E-state index < -0.39 is 0 Å². The van der Waals surface area contributed by atoms with Crippen LogP contribution in [-0.2, 0) is 6.54 Å². The monoisotopic (exact) mass is 276 g/mol. The zero-order valence-electron chi connectivity index (χ0n) is 12.4. The van der Waals surface area contributed by atoms with Gasteiger partial charge in [0.25, 0.3) is 0 Å². The van der Waals surface area contributed by atoms with Crippen molar-refractivity contribution in [3.8, 4) is 0 Å². The molecule has 1 saturated heterocycles. The number of hydrogen-bond donors (Lipinski definition) is 1. The second kappa shape index (κ2) is 6.13. The molecule has 1 unspecified atom stereocenters. The Balaban J connectivity index is 1.70. The van der Waals surface area contributed by atoms with Gasteiger partial charge in [0.15, 0.2) is 0 Å². The van der Waals surface area contributed by atoms with Crippen molar-refractivity contribution in [1.82, 2.24) is 5.32 Å². The molecular weight excluding hydrogens is 251 g/mol. The van der Waals surface area contributed by atoms with E-state index in [4.69, 9.17) is 0 Å². The molecule has 0 spiro atoms. The lowest BCUT2D eigenvalue weighted by atomic mass is 10.0. The molecule has 1 heterocycles. The van der Waals surface area contributed by atoms with Crippen LogP contribution >= 0.6 is 0 Å². The number of rotatable bonds is 6. The molecule has 0 radical (unpaired) electrons. The van der Waals surface area contributed by atoms with Gasteiger partial charge >= 0.3 is 0 Å². The van der Waals surface area contributed by atoms with Crippen molar-refractivity contribution in [3.63, 3.8) is 0 Å². The predicted octanol–water partition coefficient (Wildman–Crippen LogP) is 3.70. The third-order valence-electron chi connectivity index (χ3n) is 4.52. The molecule has 0 bridgehead atoms. The molecule has 1 aliphatic heterocycles. The molecule has 0 aromatic heterocycles. The van der Waals surface area contributed by atoms with Gasteiger partial charge in [0, 0.05) is 31.4 Å². The van der Waals surface area contributed by atoms with E-state index in [0.29, 0.717) is 6.04 Å². The van der Waals surface area contributed by atoms with Gasteiger partial charge in [-0.15, -0.1) is 0 Å². The number of benzene rings is 1. The maximum Gasteiger partial charge on any atom is 0.123 e. The standard InChI is InChI=1S/C17H25FN2/c1-2-3-13-8-9-20(12-13)17-7-4-15(18)10-14(17)11-19-16-5-6-16/h4,7,10,13,16,19H,2-3,5-6,8-9,11-12H2,1H3. The van der Waals surface area contributed by atoms with Crippen LogP contribution in [0.25, 0.3) is 0 Å². The highest BCUT2D eigenvalue weighted by Gasteiger charge is 2.25. The Morgan fingerprint density at radius 2 is 2.15 bits per heavy atom. The second-order valence-corrected chi connectivity index (χ2v) is 6.32. The lowest BCUT2D eigenvalue weighted by molar-refractivity contribution is 0.529. The van der Waals surface area contributed by atoms with E-state index in [-0.39, 0.29) is 5.82 Å². The van der Waals surface area contributed by atoms with Crippen molar-refractivity contribution in [3.05, 3.63) is 29.6 Å². The quantitative estimate of drug-likeness (QED) is 0.852. The molecule has 2 nitrogen and oxygen atoms in total. The minimum absolute atomic E-state index is 0.120. The molecule has 2 aliphatic rings. The molecule has 1 aliphatic carbocycles. The Hall–Kier alpha value is -1.09. The molecule has 1 aromatic rings. The van der Waals surface area contributed by atoms with Gasteiger partial charge in [0.2, 0.25) is 0 Å². The van der Waals surface area contributed by atoms with Gasteiger partial charge in [-0.2, -0.15) is 0 Å². The van der Waals surface area contributed by atoms with Crippen LogP contribution in [0.15, 0.2) is 18.2 Å². The summed E-state index contributed by atoms with van der Waals surface area (Å²) in [6.07, 6.45) is 6.39. The highest BCUT2D eigenvalue weighted by atomic mass is 19.1. The molecule has 20 heavy (non-hydrogen) atoms. The molecule has 1 aromatic carbocycles. The van der Waals surface area contributed by atoms with Crippen LogP contribution in [0.1, 0.15) is 44.6 Å². The molecule has 1 saturated carbocycles. The van der Waals surface area contributed by atoms with Gasteiger partial charge in [-0.3, -0.25) is 0 Å². The number of nitrogens with one attached hydrogen (secondary N) is 1. The first-order valence-electron chi connectivity index (χ1n) is 8.03. The summed E-state index contributed by atoms with van der Waals surface area (Å²) in [6, 6.07) is 5.94. The Labute approximate surface area is 121 Å².